The van der Waals surface area contributed by atoms with Gasteiger partial charge in [-0.2, -0.15) is 0 Å². The smallest absolute Gasteiger partial charge is 0.122 e. The van der Waals surface area contributed by atoms with Gasteiger partial charge in [0.1, 0.15) is 5.75 Å². The SMILES string of the molecule is CCOc1ccc(CCN2CCC(N)CC2)cc1C. The van der Waals surface area contributed by atoms with Crippen molar-refractivity contribution in [3.63, 3.8) is 0 Å². The van der Waals surface area contributed by atoms with E-state index in [1.807, 2.05) is 6.92 Å². The number of nitrogens with zero attached hydrogens (tertiary/aromatic N) is 1. The minimum absolute atomic E-state index is 0.420. The third-order valence-electron chi connectivity index (χ3n) is 3.89. The van der Waals surface area contributed by atoms with E-state index >= 15 is 0 Å². The summed E-state index contributed by atoms with van der Waals surface area (Å²) in [6.07, 6.45) is 3.40. The van der Waals surface area contributed by atoms with Crippen molar-refractivity contribution < 1.29 is 4.74 Å². The molecule has 0 spiro atoms. The Bertz CT molecular complexity index is 398. The molecule has 2 rings (SSSR count). The molecule has 0 unspecified atom stereocenters. The fourth-order valence-corrected chi connectivity index (χ4v) is 2.65. The Morgan fingerprint density at radius 2 is 2.05 bits per heavy atom. The summed E-state index contributed by atoms with van der Waals surface area (Å²) in [5, 5.41) is 0. The van der Waals surface area contributed by atoms with Crippen LogP contribution in [0.25, 0.3) is 0 Å². The molecule has 1 aromatic carbocycles. The van der Waals surface area contributed by atoms with E-state index in [1.54, 1.807) is 0 Å². The largest absolute Gasteiger partial charge is 0.494 e. The van der Waals surface area contributed by atoms with Gasteiger partial charge in [0.15, 0.2) is 0 Å². The van der Waals surface area contributed by atoms with Crippen molar-refractivity contribution in [3.05, 3.63) is 29.3 Å². The summed E-state index contributed by atoms with van der Waals surface area (Å²) in [5.41, 5.74) is 8.56. The lowest BCUT2D eigenvalue weighted by Crippen LogP contribution is -2.40. The fourth-order valence-electron chi connectivity index (χ4n) is 2.65. The molecule has 0 bridgehead atoms. The van der Waals surface area contributed by atoms with E-state index in [1.165, 1.54) is 11.1 Å². The molecule has 0 atom stereocenters. The number of nitrogens with two attached hydrogens (primary N) is 1. The van der Waals surface area contributed by atoms with E-state index in [0.29, 0.717) is 6.04 Å². The minimum atomic E-state index is 0.420. The first-order valence-corrected chi connectivity index (χ1v) is 7.39. The maximum atomic E-state index is 5.93. The highest BCUT2D eigenvalue weighted by atomic mass is 16.5. The molecule has 106 valence electrons. The Hall–Kier alpha value is -1.06. The fraction of sp³-hybridized carbons (Fsp3) is 0.625. The van der Waals surface area contributed by atoms with Crippen molar-refractivity contribution in [2.75, 3.05) is 26.2 Å². The number of rotatable bonds is 5. The minimum Gasteiger partial charge on any atom is -0.494 e. The van der Waals surface area contributed by atoms with E-state index in [4.69, 9.17) is 10.5 Å². The number of piperidine rings is 1. The zero-order valence-corrected chi connectivity index (χ0v) is 12.2. The van der Waals surface area contributed by atoms with Gasteiger partial charge in [-0.15, -0.1) is 0 Å². The summed E-state index contributed by atoms with van der Waals surface area (Å²) in [6.45, 7) is 8.31. The highest BCUT2D eigenvalue weighted by molar-refractivity contribution is 5.36. The second-order valence-electron chi connectivity index (χ2n) is 5.46. The zero-order valence-electron chi connectivity index (χ0n) is 12.2. The maximum Gasteiger partial charge on any atom is 0.122 e. The van der Waals surface area contributed by atoms with Gasteiger partial charge in [0.05, 0.1) is 6.61 Å². The second-order valence-corrected chi connectivity index (χ2v) is 5.46. The molecule has 1 aliphatic rings. The van der Waals surface area contributed by atoms with Crippen LogP contribution in [0, 0.1) is 6.92 Å². The monoisotopic (exact) mass is 262 g/mol. The number of hydrogen-bond acceptors (Lipinski definition) is 3. The van der Waals surface area contributed by atoms with Gasteiger partial charge in [-0.05, 0) is 63.4 Å². The molecule has 1 aromatic rings. The van der Waals surface area contributed by atoms with Crippen molar-refractivity contribution in [1.29, 1.82) is 0 Å². The van der Waals surface area contributed by atoms with E-state index in [-0.39, 0.29) is 0 Å². The van der Waals surface area contributed by atoms with E-state index in [9.17, 15) is 0 Å². The normalized spacial score (nSPS) is 17.6. The average molecular weight is 262 g/mol. The summed E-state index contributed by atoms with van der Waals surface area (Å²) in [4.78, 5) is 2.52. The molecule has 1 heterocycles. The standard InChI is InChI=1S/C16H26N2O/c1-3-19-16-5-4-14(12-13(16)2)6-9-18-10-7-15(17)8-11-18/h4-5,12,15H,3,6-11,17H2,1-2H3. The number of hydrogen-bond donors (Lipinski definition) is 1. The van der Waals surface area contributed by atoms with Crippen LogP contribution >= 0.6 is 0 Å². The molecule has 1 fully saturated rings. The van der Waals surface area contributed by atoms with Crippen LogP contribution in [0.15, 0.2) is 18.2 Å². The second kappa shape index (κ2) is 6.92. The van der Waals surface area contributed by atoms with Crippen molar-refractivity contribution in [2.45, 2.75) is 39.2 Å². The van der Waals surface area contributed by atoms with Crippen LogP contribution in [-0.4, -0.2) is 37.2 Å². The zero-order chi connectivity index (χ0) is 13.7. The molecule has 0 radical (unpaired) electrons. The average Bonchev–Trinajstić information content (AvgIpc) is 2.41. The van der Waals surface area contributed by atoms with Crippen LogP contribution in [0.5, 0.6) is 5.75 Å². The molecular weight excluding hydrogens is 236 g/mol. The quantitative estimate of drug-likeness (QED) is 0.885. The van der Waals surface area contributed by atoms with Crippen molar-refractivity contribution in [1.82, 2.24) is 4.90 Å². The lowest BCUT2D eigenvalue weighted by molar-refractivity contribution is 0.215. The lowest BCUT2D eigenvalue weighted by Gasteiger charge is -2.30. The summed E-state index contributed by atoms with van der Waals surface area (Å²) >= 11 is 0. The summed E-state index contributed by atoms with van der Waals surface area (Å²) in [6, 6.07) is 6.96. The Labute approximate surface area is 116 Å². The highest BCUT2D eigenvalue weighted by Gasteiger charge is 2.15. The number of benzene rings is 1. The predicted molar refractivity (Wildman–Crippen MR) is 79.7 cm³/mol. The van der Waals surface area contributed by atoms with Gasteiger partial charge in [-0.3, -0.25) is 0 Å². The molecule has 2 N–H and O–H groups in total. The van der Waals surface area contributed by atoms with Gasteiger partial charge in [-0.25, -0.2) is 0 Å². The first kappa shape index (κ1) is 14.4. The molecule has 1 saturated heterocycles. The van der Waals surface area contributed by atoms with Gasteiger partial charge in [0.25, 0.3) is 0 Å². The molecule has 19 heavy (non-hydrogen) atoms. The topological polar surface area (TPSA) is 38.5 Å². The summed E-state index contributed by atoms with van der Waals surface area (Å²) < 4.78 is 5.57. The van der Waals surface area contributed by atoms with Crippen molar-refractivity contribution in [2.24, 2.45) is 5.73 Å². The Morgan fingerprint density at radius 1 is 1.32 bits per heavy atom. The molecule has 1 aliphatic heterocycles. The first-order valence-electron chi connectivity index (χ1n) is 7.39. The van der Waals surface area contributed by atoms with E-state index in [2.05, 4.69) is 30.0 Å². The molecule has 0 aromatic heterocycles. The van der Waals surface area contributed by atoms with Crippen molar-refractivity contribution >= 4 is 0 Å². The Balaban J connectivity index is 1.84. The number of likely N-dealkylation sites (tertiary alicyclic amines) is 1. The van der Waals surface area contributed by atoms with Crippen LogP contribution in [-0.2, 0) is 6.42 Å². The van der Waals surface area contributed by atoms with E-state index < -0.39 is 0 Å². The molecular formula is C16H26N2O. The van der Waals surface area contributed by atoms with Crippen LogP contribution in [0.3, 0.4) is 0 Å². The van der Waals surface area contributed by atoms with Gasteiger partial charge in [0, 0.05) is 12.6 Å². The molecule has 0 amide bonds. The van der Waals surface area contributed by atoms with Crippen LogP contribution in [0.1, 0.15) is 30.9 Å². The van der Waals surface area contributed by atoms with Gasteiger partial charge in [0.2, 0.25) is 0 Å². The molecule has 0 aliphatic carbocycles. The van der Waals surface area contributed by atoms with Gasteiger partial charge in [-0.1, -0.05) is 12.1 Å². The third kappa shape index (κ3) is 4.22. The van der Waals surface area contributed by atoms with Gasteiger partial charge >= 0.3 is 0 Å². The summed E-state index contributed by atoms with van der Waals surface area (Å²) in [7, 11) is 0. The number of ether oxygens (including phenoxy) is 1. The molecule has 3 heteroatoms. The Kier molecular flexibility index (Phi) is 5.23. The lowest BCUT2D eigenvalue weighted by atomic mass is 10.0. The summed E-state index contributed by atoms with van der Waals surface area (Å²) in [5.74, 6) is 1.01. The van der Waals surface area contributed by atoms with Crippen molar-refractivity contribution in [3.8, 4) is 5.75 Å². The highest BCUT2D eigenvalue weighted by Crippen LogP contribution is 2.19. The maximum absolute atomic E-state index is 5.93. The third-order valence-corrected chi connectivity index (χ3v) is 3.89. The predicted octanol–water partition coefficient (Wildman–Crippen LogP) is 2.36. The van der Waals surface area contributed by atoms with Crippen LogP contribution < -0.4 is 10.5 Å². The Morgan fingerprint density at radius 3 is 2.68 bits per heavy atom. The van der Waals surface area contributed by atoms with Gasteiger partial charge < -0.3 is 15.4 Å². The first-order chi connectivity index (χ1) is 9.19. The molecule has 0 saturated carbocycles. The number of aryl methyl sites for hydroxylation is 1. The van der Waals surface area contributed by atoms with Crippen LogP contribution in [0.4, 0.5) is 0 Å². The molecule has 3 nitrogen and oxygen atoms in total. The van der Waals surface area contributed by atoms with Crippen LogP contribution in [0.2, 0.25) is 0 Å². The van der Waals surface area contributed by atoms with E-state index in [0.717, 1.165) is 51.3 Å².